The molecule has 1 atom stereocenters. The first-order chi connectivity index (χ1) is 9.72. The number of nitrogens with one attached hydrogen (secondary N) is 1. The second-order valence-corrected chi connectivity index (χ2v) is 6.13. The molecule has 1 unspecified atom stereocenters. The number of hydrogen-bond donors (Lipinski definition) is 1. The number of benzene rings is 1. The molecule has 2 aromatic rings. The minimum atomic E-state index is 0.452. The summed E-state index contributed by atoms with van der Waals surface area (Å²) in [6.07, 6.45) is 9.13. The molecule has 3 nitrogen and oxygen atoms in total. The molecule has 0 spiro atoms. The van der Waals surface area contributed by atoms with Crippen molar-refractivity contribution in [2.24, 2.45) is 5.92 Å². The van der Waals surface area contributed by atoms with Crippen molar-refractivity contribution in [1.29, 1.82) is 0 Å². The molecule has 0 aliphatic heterocycles. The van der Waals surface area contributed by atoms with Gasteiger partial charge in [-0.2, -0.15) is 5.10 Å². The maximum atomic E-state index is 6.14. The Hall–Kier alpha value is -1.48. The molecule has 106 valence electrons. The molecule has 20 heavy (non-hydrogen) atoms. The maximum absolute atomic E-state index is 6.14. The Balaban J connectivity index is 1.78. The summed E-state index contributed by atoms with van der Waals surface area (Å²) in [5.41, 5.74) is 2.09. The molecule has 0 radical (unpaired) electrons. The third-order valence-electron chi connectivity index (χ3n) is 4.02. The van der Waals surface area contributed by atoms with Crippen molar-refractivity contribution in [2.75, 3.05) is 5.32 Å². The number of anilines is 1. The van der Waals surface area contributed by atoms with Crippen LogP contribution in [0.1, 0.15) is 32.6 Å². The second kappa shape index (κ2) is 5.88. The zero-order valence-electron chi connectivity index (χ0n) is 11.7. The van der Waals surface area contributed by atoms with Crippen LogP contribution in [0.2, 0.25) is 5.02 Å². The predicted molar refractivity (Wildman–Crippen MR) is 83.6 cm³/mol. The first kappa shape index (κ1) is 13.5. The SMILES string of the molecule is CC(CC1CCC1)Nc1cc(Cl)ccc1-n1cccn1. The summed E-state index contributed by atoms with van der Waals surface area (Å²) in [5, 5.41) is 8.65. The number of rotatable bonds is 5. The number of aromatic nitrogens is 2. The predicted octanol–water partition coefficient (Wildman–Crippen LogP) is 4.52. The van der Waals surface area contributed by atoms with Gasteiger partial charge >= 0.3 is 0 Å². The molecule has 1 heterocycles. The topological polar surface area (TPSA) is 29.9 Å². The van der Waals surface area contributed by atoms with Crippen LogP contribution in [0.3, 0.4) is 0 Å². The first-order valence-electron chi connectivity index (χ1n) is 7.28. The van der Waals surface area contributed by atoms with Gasteiger partial charge in [-0.15, -0.1) is 0 Å². The van der Waals surface area contributed by atoms with Crippen LogP contribution < -0.4 is 5.32 Å². The van der Waals surface area contributed by atoms with E-state index in [2.05, 4.69) is 17.3 Å². The standard InChI is InChI=1S/C16H20ClN3/c1-12(10-13-4-2-5-13)19-15-11-14(17)6-7-16(15)20-9-3-8-18-20/h3,6-9,11-13,19H,2,4-5,10H2,1H3. The summed E-state index contributed by atoms with van der Waals surface area (Å²) in [7, 11) is 0. The summed E-state index contributed by atoms with van der Waals surface area (Å²) in [6.45, 7) is 2.24. The highest BCUT2D eigenvalue weighted by molar-refractivity contribution is 6.31. The highest BCUT2D eigenvalue weighted by Crippen LogP contribution is 2.32. The van der Waals surface area contributed by atoms with Crippen LogP contribution in [0, 0.1) is 5.92 Å². The van der Waals surface area contributed by atoms with E-state index in [1.54, 1.807) is 6.20 Å². The van der Waals surface area contributed by atoms with Gasteiger partial charge < -0.3 is 5.32 Å². The average Bonchev–Trinajstić information content (AvgIpc) is 2.88. The van der Waals surface area contributed by atoms with Crippen LogP contribution in [0.5, 0.6) is 0 Å². The zero-order valence-corrected chi connectivity index (χ0v) is 12.5. The van der Waals surface area contributed by atoms with Crippen LogP contribution in [-0.2, 0) is 0 Å². The highest BCUT2D eigenvalue weighted by atomic mass is 35.5. The van der Waals surface area contributed by atoms with Gasteiger partial charge in [-0.05, 0) is 43.5 Å². The normalized spacial score (nSPS) is 16.7. The Labute approximate surface area is 124 Å². The van der Waals surface area contributed by atoms with Crippen LogP contribution >= 0.6 is 11.6 Å². The van der Waals surface area contributed by atoms with E-state index >= 15 is 0 Å². The Kier molecular flexibility index (Phi) is 3.97. The Morgan fingerprint density at radius 1 is 1.45 bits per heavy atom. The van der Waals surface area contributed by atoms with Crippen molar-refractivity contribution in [2.45, 2.75) is 38.6 Å². The molecule has 0 amide bonds. The van der Waals surface area contributed by atoms with E-state index in [0.29, 0.717) is 6.04 Å². The zero-order chi connectivity index (χ0) is 13.9. The summed E-state index contributed by atoms with van der Waals surface area (Å²) in [6, 6.07) is 8.27. The van der Waals surface area contributed by atoms with Crippen LogP contribution in [0.15, 0.2) is 36.7 Å². The van der Waals surface area contributed by atoms with E-state index in [-0.39, 0.29) is 0 Å². The summed E-state index contributed by atoms with van der Waals surface area (Å²) >= 11 is 6.14. The highest BCUT2D eigenvalue weighted by Gasteiger charge is 2.20. The molecule has 1 N–H and O–H groups in total. The molecule has 4 heteroatoms. The molecule has 1 saturated carbocycles. The molecule has 1 aromatic heterocycles. The third-order valence-corrected chi connectivity index (χ3v) is 4.26. The van der Waals surface area contributed by atoms with Crippen molar-refractivity contribution in [1.82, 2.24) is 9.78 Å². The summed E-state index contributed by atoms with van der Waals surface area (Å²) in [5.74, 6) is 0.893. The quantitative estimate of drug-likeness (QED) is 0.877. The smallest absolute Gasteiger partial charge is 0.0877 e. The fraction of sp³-hybridized carbons (Fsp3) is 0.438. The van der Waals surface area contributed by atoms with Crippen molar-refractivity contribution >= 4 is 17.3 Å². The van der Waals surface area contributed by atoms with Crippen molar-refractivity contribution < 1.29 is 0 Å². The molecular formula is C16H20ClN3. The largest absolute Gasteiger partial charge is 0.381 e. The number of halogens is 1. The summed E-state index contributed by atoms with van der Waals surface area (Å²) < 4.78 is 1.87. The lowest BCUT2D eigenvalue weighted by Crippen LogP contribution is -2.23. The number of hydrogen-bond acceptors (Lipinski definition) is 2. The third kappa shape index (κ3) is 2.98. The van der Waals surface area contributed by atoms with Gasteiger partial charge in [0.05, 0.1) is 11.4 Å². The lowest BCUT2D eigenvalue weighted by Gasteiger charge is -2.29. The Morgan fingerprint density at radius 2 is 2.30 bits per heavy atom. The fourth-order valence-corrected chi connectivity index (χ4v) is 2.96. The molecule has 0 saturated heterocycles. The van der Waals surface area contributed by atoms with Gasteiger partial charge in [-0.1, -0.05) is 30.9 Å². The van der Waals surface area contributed by atoms with Gasteiger partial charge in [0, 0.05) is 23.5 Å². The molecule has 0 bridgehead atoms. The van der Waals surface area contributed by atoms with Crippen LogP contribution in [-0.4, -0.2) is 15.8 Å². The lowest BCUT2D eigenvalue weighted by atomic mass is 9.81. The van der Waals surface area contributed by atoms with Crippen LogP contribution in [0.4, 0.5) is 5.69 Å². The minimum absolute atomic E-state index is 0.452. The molecular weight excluding hydrogens is 270 g/mol. The summed E-state index contributed by atoms with van der Waals surface area (Å²) in [4.78, 5) is 0. The monoisotopic (exact) mass is 289 g/mol. The van der Waals surface area contributed by atoms with Crippen molar-refractivity contribution in [3.63, 3.8) is 0 Å². The Morgan fingerprint density at radius 3 is 2.95 bits per heavy atom. The van der Waals surface area contributed by atoms with E-state index in [4.69, 9.17) is 11.6 Å². The fourth-order valence-electron chi connectivity index (χ4n) is 2.79. The van der Waals surface area contributed by atoms with Crippen LogP contribution in [0.25, 0.3) is 5.69 Å². The van der Waals surface area contributed by atoms with Crippen molar-refractivity contribution in [3.05, 3.63) is 41.7 Å². The van der Waals surface area contributed by atoms with Gasteiger partial charge in [-0.3, -0.25) is 0 Å². The molecule has 1 aliphatic rings. The number of nitrogens with zero attached hydrogens (tertiary/aromatic N) is 2. The first-order valence-corrected chi connectivity index (χ1v) is 7.66. The van der Waals surface area contributed by atoms with Gasteiger partial charge in [0.15, 0.2) is 0 Å². The van der Waals surface area contributed by atoms with Gasteiger partial charge in [-0.25, -0.2) is 4.68 Å². The lowest BCUT2D eigenvalue weighted by molar-refractivity contribution is 0.286. The van der Waals surface area contributed by atoms with E-state index < -0.39 is 0 Å². The minimum Gasteiger partial charge on any atom is -0.381 e. The van der Waals surface area contributed by atoms with E-state index in [1.807, 2.05) is 35.1 Å². The molecule has 1 aliphatic carbocycles. The molecule has 1 fully saturated rings. The molecule has 3 rings (SSSR count). The van der Waals surface area contributed by atoms with Gasteiger partial charge in [0.25, 0.3) is 0 Å². The van der Waals surface area contributed by atoms with Crippen molar-refractivity contribution in [3.8, 4) is 5.69 Å². The maximum Gasteiger partial charge on any atom is 0.0877 e. The Bertz CT molecular complexity index is 561. The van der Waals surface area contributed by atoms with E-state index in [9.17, 15) is 0 Å². The van der Waals surface area contributed by atoms with E-state index in [0.717, 1.165) is 22.3 Å². The average molecular weight is 290 g/mol. The second-order valence-electron chi connectivity index (χ2n) is 5.69. The molecule has 1 aromatic carbocycles. The van der Waals surface area contributed by atoms with Gasteiger partial charge in [0.2, 0.25) is 0 Å². The van der Waals surface area contributed by atoms with Gasteiger partial charge in [0.1, 0.15) is 0 Å². The van der Waals surface area contributed by atoms with E-state index in [1.165, 1.54) is 25.7 Å².